The lowest BCUT2D eigenvalue weighted by Gasteiger charge is -2.04. The molecule has 0 spiro atoms. The van der Waals surface area contributed by atoms with Gasteiger partial charge in [-0.15, -0.1) is 0 Å². The minimum Gasteiger partial charge on any atom is -0.361 e. The number of nitrogens with zero attached hydrogens (tertiary/aromatic N) is 10. The second-order valence-corrected chi connectivity index (χ2v) is 35.7. The molecule has 0 radical (unpaired) electrons. The number of pyridine rings is 7. The summed E-state index contributed by atoms with van der Waals surface area (Å²) in [6.07, 6.45) is 9.39. The van der Waals surface area contributed by atoms with E-state index in [1.165, 1.54) is 117 Å². The van der Waals surface area contributed by atoms with Crippen molar-refractivity contribution >= 4 is 99.7 Å². The first-order valence-electron chi connectivity index (χ1n) is 44.9. The van der Waals surface area contributed by atoms with Crippen LogP contribution in [0.25, 0.3) is 76.1 Å². The number of benzene rings is 11. The van der Waals surface area contributed by atoms with Gasteiger partial charge in [-0.25, -0.2) is 0 Å². The number of carbonyl (C=O) groups is 4. The molecule has 16 nitrogen and oxygen atoms in total. The fourth-order valence-corrected chi connectivity index (χ4v) is 15.9. The molecule has 133 heavy (non-hydrogen) atoms. The number of carbonyl (C=O) groups excluding carboxylic acids is 4. The Labute approximate surface area is 782 Å². The summed E-state index contributed by atoms with van der Waals surface area (Å²) in [4.78, 5) is 93.5. The number of amides is 4. The van der Waals surface area contributed by atoms with Crippen LogP contribution in [0.3, 0.4) is 0 Å². The number of hydrogen-bond donors (Lipinski definition) is 1. The maximum absolute atomic E-state index is 11.7. The van der Waals surface area contributed by atoms with Gasteiger partial charge in [0.15, 0.2) is 5.43 Å². The molecule has 18 aromatic rings. The first-order chi connectivity index (χ1) is 63.4. The molecular formula is C117H121N11O5. The van der Waals surface area contributed by atoms with Crippen LogP contribution in [0, 0.1) is 125 Å². The van der Waals surface area contributed by atoms with Gasteiger partial charge in [0.2, 0.25) is 0 Å². The van der Waals surface area contributed by atoms with Crippen molar-refractivity contribution in [3.63, 3.8) is 0 Å². The third kappa shape index (κ3) is 26.3. The summed E-state index contributed by atoms with van der Waals surface area (Å²) in [6, 6.07) is 84.8. The number of aromatic amines is 1. The predicted molar refractivity (Wildman–Crippen MR) is 549 cm³/mol. The van der Waals surface area contributed by atoms with E-state index in [1.807, 2.05) is 168 Å². The Morgan fingerprint density at radius 2 is 0.617 bits per heavy atom. The molecule has 0 fully saturated rings. The average Bonchev–Trinajstić information content (AvgIpc) is 1.71. The lowest BCUT2D eigenvalue weighted by atomic mass is 10.1. The first kappa shape index (κ1) is 97.2. The summed E-state index contributed by atoms with van der Waals surface area (Å²) >= 11 is 0. The molecule has 0 bridgehead atoms. The molecule has 4 amide bonds. The monoisotopic (exact) mass is 1760 g/mol. The maximum atomic E-state index is 11.7. The Bertz CT molecular complexity index is 6550. The lowest BCUT2D eigenvalue weighted by Crippen LogP contribution is -2.24. The quantitative estimate of drug-likeness (QED) is 0.142. The highest BCUT2D eigenvalue weighted by molar-refractivity contribution is 6.21. The van der Waals surface area contributed by atoms with Gasteiger partial charge in [0.1, 0.15) is 0 Å². The number of nitrogens with one attached hydrogen (secondary N) is 1. The van der Waals surface area contributed by atoms with Crippen LogP contribution < -0.4 is 5.43 Å². The Kier molecular flexibility index (Phi) is 32.3. The minimum absolute atomic E-state index is 0.123. The molecule has 1 N–H and O–H groups in total. The van der Waals surface area contributed by atoms with E-state index >= 15 is 0 Å². The molecule has 0 saturated carbocycles. The smallest absolute Gasteiger partial charge is 0.261 e. The molecule has 16 heteroatoms. The van der Waals surface area contributed by atoms with Crippen molar-refractivity contribution in [2.75, 3.05) is 28.2 Å². The van der Waals surface area contributed by atoms with Crippen molar-refractivity contribution in [2.24, 2.45) is 0 Å². The van der Waals surface area contributed by atoms with Crippen LogP contribution in [0.5, 0.6) is 0 Å². The van der Waals surface area contributed by atoms with Crippen LogP contribution in [0.2, 0.25) is 0 Å². The number of aryl methyl sites for hydroxylation is 18. The Morgan fingerprint density at radius 3 is 1.14 bits per heavy atom. The van der Waals surface area contributed by atoms with E-state index in [0.717, 1.165) is 131 Å². The Hall–Kier alpha value is -14.9. The molecule has 674 valence electrons. The van der Waals surface area contributed by atoms with E-state index in [0.29, 0.717) is 11.1 Å². The fraction of sp³-hybridized carbons (Fsp3) is 0.222. The second kappa shape index (κ2) is 44.2. The highest BCUT2D eigenvalue weighted by Gasteiger charge is 2.32. The average molecular weight is 1760 g/mol. The van der Waals surface area contributed by atoms with Crippen molar-refractivity contribution in [2.45, 2.75) is 151 Å². The third-order valence-corrected chi connectivity index (χ3v) is 23.2. The van der Waals surface area contributed by atoms with Crippen LogP contribution >= 0.6 is 0 Å². The van der Waals surface area contributed by atoms with Crippen LogP contribution in [0.4, 0.5) is 0 Å². The number of hydrogen-bond acceptors (Lipinski definition) is 12. The highest BCUT2D eigenvalue weighted by atomic mass is 16.2. The van der Waals surface area contributed by atoms with Gasteiger partial charge < -0.3 is 14.8 Å². The molecule has 4 aliphatic rings. The number of fused-ring (bicyclic) bond motifs is 11. The summed E-state index contributed by atoms with van der Waals surface area (Å²) in [5.74, 6) is -0.123. The maximum Gasteiger partial charge on any atom is 0.261 e. The zero-order chi connectivity index (χ0) is 95.6. The van der Waals surface area contributed by atoms with E-state index in [4.69, 9.17) is 0 Å². The third-order valence-electron chi connectivity index (χ3n) is 23.2. The number of rotatable bonds is 0. The van der Waals surface area contributed by atoms with Crippen molar-refractivity contribution in [3.8, 4) is 0 Å². The zero-order valence-electron chi connectivity index (χ0n) is 80.9. The molecule has 7 aromatic heterocycles. The van der Waals surface area contributed by atoms with E-state index in [2.05, 4.69) is 279 Å². The molecule has 22 rings (SSSR count). The minimum atomic E-state index is -0.208. The van der Waals surface area contributed by atoms with Gasteiger partial charge in [0, 0.05) is 161 Å². The molecule has 4 aliphatic heterocycles. The summed E-state index contributed by atoms with van der Waals surface area (Å²) in [7, 11) is 7.32. The molecule has 0 aliphatic carbocycles. The van der Waals surface area contributed by atoms with Crippen molar-refractivity contribution in [3.05, 3.63) is 435 Å². The number of aromatic nitrogens is 7. The van der Waals surface area contributed by atoms with Crippen molar-refractivity contribution in [1.29, 1.82) is 0 Å². The van der Waals surface area contributed by atoms with Gasteiger partial charge in [-0.1, -0.05) is 190 Å². The van der Waals surface area contributed by atoms with E-state index in [-0.39, 0.29) is 29.1 Å². The molecule has 0 saturated heterocycles. The van der Waals surface area contributed by atoms with Crippen LogP contribution in [-0.2, 0) is 26.2 Å². The van der Waals surface area contributed by atoms with Gasteiger partial charge in [0.05, 0.1) is 33.2 Å². The number of H-pyrrole nitrogens is 1. The van der Waals surface area contributed by atoms with Gasteiger partial charge in [-0.2, -0.15) is 0 Å². The molecular weight excluding hydrogens is 1640 g/mol. The predicted octanol–water partition coefficient (Wildman–Crippen LogP) is 25.6. The van der Waals surface area contributed by atoms with Crippen LogP contribution in [0.1, 0.15) is 164 Å². The van der Waals surface area contributed by atoms with Crippen molar-refractivity contribution < 1.29 is 19.2 Å². The van der Waals surface area contributed by atoms with E-state index in [9.17, 15) is 24.0 Å². The Morgan fingerprint density at radius 1 is 0.248 bits per heavy atom. The van der Waals surface area contributed by atoms with Crippen molar-refractivity contribution in [1.82, 2.24) is 54.5 Å². The SMILES string of the molecule is Cc1ccc2[nH]cc(C)c(=O)c2c1.Cc1ccc2c(c1)C(=O)N(C)C2.Cc1ccc2c(c1)C(=O)N(C)C2=O.Cc1ccc2c(c1)CN(C)C2.Cc1ccc2c(c1)CN(C)C2=O.Cc1ccc2ccc(C)nc2c1.Cc1ccc2ccc(C)nc2c1.Cc1ccc2cnc(C)cc2c1.Cc1ccc2cnc(C)cc2c1.Cc1ccc2ncc(C)cc2c1.Cc1ccc2ncc(C)cc2c1. The van der Waals surface area contributed by atoms with Crippen LogP contribution in [-0.4, -0.2) is 106 Å². The highest BCUT2D eigenvalue weighted by Crippen LogP contribution is 2.28. The molecule has 11 heterocycles. The van der Waals surface area contributed by atoms with Gasteiger partial charge in [-0.05, 0) is 296 Å². The fourth-order valence-electron chi connectivity index (χ4n) is 15.9. The Balaban J connectivity index is 0.000000132. The van der Waals surface area contributed by atoms with E-state index < -0.39 is 0 Å². The summed E-state index contributed by atoms with van der Waals surface area (Å²) < 4.78 is 0. The van der Waals surface area contributed by atoms with Gasteiger partial charge >= 0.3 is 0 Å². The second-order valence-electron chi connectivity index (χ2n) is 35.7. The summed E-state index contributed by atoms with van der Waals surface area (Å²) in [5, 5.41) is 10.7. The molecule has 11 aromatic carbocycles. The van der Waals surface area contributed by atoms with Crippen LogP contribution in [0.15, 0.2) is 284 Å². The number of imide groups is 1. The standard InChI is InChI=1S/C11H11NO.6C11H11N.C10H9NO2.2C10H11NO.C10H13N/c1-7-3-4-10-9(5-7)11(13)8(2)6-12-10;2*1-8-3-5-10-6-4-9(2)12-11(10)7-8;2*1-8-3-4-10-7-12-9(2)6-11(10)5-8;2*1-8-3-4-11-10(5-8)6-9(2)7-12-11;1-6-3-4-7-8(5-6)10(13)11(2)9(7)12;1-7-3-4-9-8(5-7)6-11(2)10(9)12;1-7-3-4-8-6-11(2)10(12)9(8)5-7;1-8-3-4-9-6-11(2)7-10(9)5-8/h3-6H,1-2H3,(H,12,13);6*3-7H,1-2H3;3-5H,1-2H3;2*3-5H,6H2,1-2H3;3-5H,6-7H2,1-2H3. The summed E-state index contributed by atoms with van der Waals surface area (Å²) in [5.41, 5.74) is 34.5. The first-order valence-corrected chi connectivity index (χ1v) is 44.9. The topological polar surface area (TPSA) is 191 Å². The van der Waals surface area contributed by atoms with Gasteiger partial charge in [-0.3, -0.25) is 63.7 Å². The molecule has 0 unspecified atom stereocenters. The van der Waals surface area contributed by atoms with Gasteiger partial charge in [0.25, 0.3) is 23.6 Å². The summed E-state index contributed by atoms with van der Waals surface area (Å²) in [6.45, 7) is 40.4. The molecule has 0 atom stereocenters. The van der Waals surface area contributed by atoms with E-state index in [1.54, 1.807) is 28.1 Å². The zero-order valence-corrected chi connectivity index (χ0v) is 80.9. The lowest BCUT2D eigenvalue weighted by molar-refractivity contribution is 0.0691. The normalized spacial score (nSPS) is 12.3. The largest absolute Gasteiger partial charge is 0.361 e.